The van der Waals surface area contributed by atoms with Gasteiger partial charge in [0.15, 0.2) is 0 Å². The molecule has 0 atom stereocenters. The maximum atomic E-state index is 12.4. The first kappa shape index (κ1) is 14.9. The van der Waals surface area contributed by atoms with E-state index in [1.165, 1.54) is 12.4 Å². The standard InChI is InChI=1S/C14H10F3N5O/c1-8-4-2-3-5-10(8)20-13-18-6-9(7-19-13)11-21-12(23-22-11)14(15,16)17/h2-7H,1H3,(H,18,19,20). The Labute approximate surface area is 128 Å². The zero-order valence-corrected chi connectivity index (χ0v) is 11.8. The second kappa shape index (κ2) is 5.67. The van der Waals surface area contributed by atoms with Crippen molar-refractivity contribution in [1.82, 2.24) is 20.1 Å². The lowest BCUT2D eigenvalue weighted by molar-refractivity contribution is -0.159. The average Bonchev–Trinajstić information content (AvgIpc) is 3.00. The molecule has 2 aromatic heterocycles. The number of benzene rings is 1. The highest BCUT2D eigenvalue weighted by molar-refractivity contribution is 5.59. The van der Waals surface area contributed by atoms with Crippen LogP contribution in [-0.2, 0) is 6.18 Å². The van der Waals surface area contributed by atoms with Crippen LogP contribution in [0.4, 0.5) is 24.8 Å². The number of aryl methyl sites for hydroxylation is 1. The summed E-state index contributed by atoms with van der Waals surface area (Å²) in [7, 11) is 0. The lowest BCUT2D eigenvalue weighted by Gasteiger charge is -2.07. The molecule has 0 spiro atoms. The molecule has 0 saturated heterocycles. The first-order valence-corrected chi connectivity index (χ1v) is 6.49. The Bertz CT molecular complexity index is 814. The summed E-state index contributed by atoms with van der Waals surface area (Å²) < 4.78 is 41.4. The Kier molecular flexibility index (Phi) is 3.68. The van der Waals surface area contributed by atoms with E-state index in [0.717, 1.165) is 11.3 Å². The minimum atomic E-state index is -4.68. The summed E-state index contributed by atoms with van der Waals surface area (Å²) in [5.74, 6) is -1.32. The molecule has 1 N–H and O–H groups in total. The molecule has 118 valence electrons. The fourth-order valence-electron chi connectivity index (χ4n) is 1.80. The van der Waals surface area contributed by atoms with Crippen LogP contribution in [0.15, 0.2) is 41.2 Å². The number of rotatable bonds is 3. The van der Waals surface area contributed by atoms with Crippen molar-refractivity contribution in [2.75, 3.05) is 5.32 Å². The number of anilines is 2. The van der Waals surface area contributed by atoms with Crippen molar-refractivity contribution < 1.29 is 17.7 Å². The molecule has 0 fully saturated rings. The van der Waals surface area contributed by atoms with Gasteiger partial charge < -0.3 is 9.84 Å². The number of para-hydroxylation sites is 1. The number of halogens is 3. The van der Waals surface area contributed by atoms with Gasteiger partial charge in [-0.05, 0) is 18.6 Å². The molecule has 3 aromatic rings. The largest absolute Gasteiger partial charge is 0.471 e. The molecule has 0 aliphatic rings. The van der Waals surface area contributed by atoms with E-state index in [0.29, 0.717) is 5.95 Å². The Morgan fingerprint density at radius 3 is 2.39 bits per heavy atom. The maximum absolute atomic E-state index is 12.4. The summed E-state index contributed by atoms with van der Waals surface area (Å²) >= 11 is 0. The molecule has 0 radical (unpaired) electrons. The third kappa shape index (κ3) is 3.28. The van der Waals surface area contributed by atoms with Crippen LogP contribution in [0.5, 0.6) is 0 Å². The molecule has 23 heavy (non-hydrogen) atoms. The number of alkyl halides is 3. The highest BCUT2D eigenvalue weighted by Gasteiger charge is 2.38. The topological polar surface area (TPSA) is 76.7 Å². The van der Waals surface area contributed by atoms with Gasteiger partial charge in [-0.25, -0.2) is 9.97 Å². The summed E-state index contributed by atoms with van der Waals surface area (Å²) in [4.78, 5) is 11.4. The molecule has 0 saturated carbocycles. The highest BCUT2D eigenvalue weighted by Crippen LogP contribution is 2.29. The average molecular weight is 321 g/mol. The summed E-state index contributed by atoms with van der Waals surface area (Å²) in [6, 6.07) is 7.55. The minimum absolute atomic E-state index is 0.222. The summed E-state index contributed by atoms with van der Waals surface area (Å²) in [6.07, 6.45) is -2.05. The van der Waals surface area contributed by atoms with Gasteiger partial charge in [0.25, 0.3) is 0 Å². The number of nitrogens with zero attached hydrogens (tertiary/aromatic N) is 4. The maximum Gasteiger partial charge on any atom is 0.471 e. The van der Waals surface area contributed by atoms with E-state index in [2.05, 4.69) is 29.9 Å². The van der Waals surface area contributed by atoms with Crippen LogP contribution in [0.25, 0.3) is 11.4 Å². The van der Waals surface area contributed by atoms with Crippen LogP contribution < -0.4 is 5.32 Å². The van der Waals surface area contributed by atoms with Gasteiger partial charge in [0, 0.05) is 18.1 Å². The van der Waals surface area contributed by atoms with Gasteiger partial charge in [-0.1, -0.05) is 23.4 Å². The van der Waals surface area contributed by atoms with Crippen LogP contribution in [0, 0.1) is 6.92 Å². The number of aromatic nitrogens is 4. The van der Waals surface area contributed by atoms with E-state index < -0.39 is 12.1 Å². The third-order valence-electron chi connectivity index (χ3n) is 2.97. The zero-order valence-electron chi connectivity index (χ0n) is 11.8. The van der Waals surface area contributed by atoms with Crippen LogP contribution in [0.3, 0.4) is 0 Å². The molecule has 0 bridgehead atoms. The molecule has 0 amide bonds. The van der Waals surface area contributed by atoms with Crippen molar-refractivity contribution >= 4 is 11.6 Å². The summed E-state index contributed by atoms with van der Waals surface area (Å²) in [5, 5.41) is 6.29. The number of hydrogen-bond acceptors (Lipinski definition) is 6. The van der Waals surface area contributed by atoms with Crippen LogP contribution in [0.1, 0.15) is 11.5 Å². The van der Waals surface area contributed by atoms with E-state index >= 15 is 0 Å². The van der Waals surface area contributed by atoms with Gasteiger partial charge in [0.1, 0.15) is 0 Å². The van der Waals surface area contributed by atoms with Crippen molar-refractivity contribution in [3.05, 3.63) is 48.1 Å². The fourth-order valence-corrected chi connectivity index (χ4v) is 1.80. The second-order valence-corrected chi connectivity index (χ2v) is 4.66. The smallest absolute Gasteiger partial charge is 0.329 e. The number of hydrogen-bond donors (Lipinski definition) is 1. The van der Waals surface area contributed by atoms with Crippen molar-refractivity contribution in [3.63, 3.8) is 0 Å². The van der Waals surface area contributed by atoms with Gasteiger partial charge in [0.2, 0.25) is 11.8 Å². The van der Waals surface area contributed by atoms with Crippen LogP contribution in [0.2, 0.25) is 0 Å². The van der Waals surface area contributed by atoms with Crippen molar-refractivity contribution in [3.8, 4) is 11.4 Å². The van der Waals surface area contributed by atoms with E-state index in [-0.39, 0.29) is 11.4 Å². The monoisotopic (exact) mass is 321 g/mol. The van der Waals surface area contributed by atoms with Crippen molar-refractivity contribution in [2.24, 2.45) is 0 Å². The quantitative estimate of drug-likeness (QED) is 0.794. The van der Waals surface area contributed by atoms with E-state index in [1.807, 2.05) is 31.2 Å². The van der Waals surface area contributed by atoms with E-state index in [9.17, 15) is 13.2 Å². The molecule has 6 nitrogen and oxygen atoms in total. The fraction of sp³-hybridized carbons (Fsp3) is 0.143. The molecule has 3 rings (SSSR count). The first-order valence-electron chi connectivity index (χ1n) is 6.49. The molecule has 0 aliphatic heterocycles. The van der Waals surface area contributed by atoms with Gasteiger partial charge in [0.05, 0.1) is 5.56 Å². The number of nitrogens with one attached hydrogen (secondary N) is 1. The molecule has 2 heterocycles. The molecule has 0 aliphatic carbocycles. The summed E-state index contributed by atoms with van der Waals surface area (Å²) in [6.45, 7) is 1.93. The van der Waals surface area contributed by atoms with Crippen LogP contribution >= 0.6 is 0 Å². The molecule has 1 aromatic carbocycles. The highest BCUT2D eigenvalue weighted by atomic mass is 19.4. The molecular formula is C14H10F3N5O. The molecule has 9 heteroatoms. The first-order chi connectivity index (χ1) is 10.9. The predicted molar refractivity (Wildman–Crippen MR) is 74.8 cm³/mol. The van der Waals surface area contributed by atoms with Crippen molar-refractivity contribution in [2.45, 2.75) is 13.1 Å². The van der Waals surface area contributed by atoms with Crippen molar-refractivity contribution in [1.29, 1.82) is 0 Å². The zero-order chi connectivity index (χ0) is 16.4. The van der Waals surface area contributed by atoms with Gasteiger partial charge >= 0.3 is 12.1 Å². The van der Waals surface area contributed by atoms with Gasteiger partial charge in [-0.2, -0.15) is 18.2 Å². The van der Waals surface area contributed by atoms with E-state index in [1.54, 1.807) is 0 Å². The van der Waals surface area contributed by atoms with Gasteiger partial charge in [-0.3, -0.25) is 0 Å². The Balaban J connectivity index is 1.80. The Hall–Kier alpha value is -2.97. The lowest BCUT2D eigenvalue weighted by Crippen LogP contribution is -2.05. The third-order valence-corrected chi connectivity index (χ3v) is 2.97. The minimum Gasteiger partial charge on any atom is -0.329 e. The normalized spacial score (nSPS) is 11.5. The SMILES string of the molecule is Cc1ccccc1Nc1ncc(-c2noc(C(F)(F)F)n2)cn1. The lowest BCUT2D eigenvalue weighted by atomic mass is 10.2. The molecular weight excluding hydrogens is 311 g/mol. The molecule has 0 unspecified atom stereocenters. The van der Waals surface area contributed by atoms with Crippen LogP contribution in [-0.4, -0.2) is 20.1 Å². The second-order valence-electron chi connectivity index (χ2n) is 4.66. The van der Waals surface area contributed by atoms with Gasteiger partial charge in [-0.15, -0.1) is 0 Å². The summed E-state index contributed by atoms with van der Waals surface area (Å²) in [5.41, 5.74) is 2.06. The predicted octanol–water partition coefficient (Wildman–Crippen LogP) is 3.60. The van der Waals surface area contributed by atoms with E-state index in [4.69, 9.17) is 0 Å². The Morgan fingerprint density at radius 1 is 1.09 bits per heavy atom. The Morgan fingerprint density at radius 2 is 1.78 bits per heavy atom.